The van der Waals surface area contributed by atoms with E-state index in [0.717, 1.165) is 13.1 Å². The molecule has 1 N–H and O–H groups in total. The van der Waals surface area contributed by atoms with E-state index < -0.39 is 0 Å². The van der Waals surface area contributed by atoms with Gasteiger partial charge in [0.05, 0.1) is 0 Å². The molecule has 0 aliphatic rings. The van der Waals surface area contributed by atoms with Gasteiger partial charge >= 0.3 is 0 Å². The number of hydrogen-bond donors (Lipinski definition) is 1. The van der Waals surface area contributed by atoms with Crippen LogP contribution in [0.25, 0.3) is 0 Å². The van der Waals surface area contributed by atoms with Crippen LogP contribution in [0.15, 0.2) is 11.6 Å². The molecule has 0 aliphatic heterocycles. The van der Waals surface area contributed by atoms with Crippen LogP contribution in [0.5, 0.6) is 0 Å². The van der Waals surface area contributed by atoms with Crippen molar-refractivity contribution in [3.63, 3.8) is 0 Å². The average molecular weight is 173 g/mol. The molecule has 0 amide bonds. The first-order chi connectivity index (χ1) is 5.27. The van der Waals surface area contributed by atoms with E-state index in [0.29, 0.717) is 0 Å². The Kier molecular flexibility index (Phi) is 8.19. The van der Waals surface area contributed by atoms with E-state index in [1.165, 1.54) is 17.7 Å². The second-order valence-electron chi connectivity index (χ2n) is 2.83. The van der Waals surface area contributed by atoms with Gasteiger partial charge < -0.3 is 5.32 Å². The molecule has 0 heterocycles. The van der Waals surface area contributed by atoms with E-state index in [4.69, 9.17) is 0 Å². The third kappa shape index (κ3) is 10.1. The van der Waals surface area contributed by atoms with Crippen molar-refractivity contribution in [3.05, 3.63) is 11.6 Å². The summed E-state index contributed by atoms with van der Waals surface area (Å²) in [6.07, 6.45) is 5.65. The lowest BCUT2D eigenvalue weighted by atomic mass is 10.3. The molecule has 0 bridgehead atoms. The van der Waals surface area contributed by atoms with E-state index in [-0.39, 0.29) is 0 Å². The molecule has 0 unspecified atom stereocenters. The third-order valence-electron chi connectivity index (χ3n) is 1.36. The van der Waals surface area contributed by atoms with Crippen molar-refractivity contribution in [1.29, 1.82) is 0 Å². The summed E-state index contributed by atoms with van der Waals surface area (Å²) < 4.78 is 0. The molecule has 0 aromatic rings. The zero-order valence-corrected chi connectivity index (χ0v) is 8.63. The van der Waals surface area contributed by atoms with Crippen LogP contribution >= 0.6 is 11.8 Å². The summed E-state index contributed by atoms with van der Waals surface area (Å²) in [7, 11) is 0. The fourth-order valence-electron chi connectivity index (χ4n) is 0.720. The van der Waals surface area contributed by atoms with Gasteiger partial charge in [-0.1, -0.05) is 11.6 Å². The molecule has 0 atom stereocenters. The van der Waals surface area contributed by atoms with Crippen molar-refractivity contribution in [1.82, 2.24) is 5.32 Å². The normalized spacial score (nSPS) is 9.73. The summed E-state index contributed by atoms with van der Waals surface area (Å²) in [5.74, 6) is 1.27. The average Bonchev–Trinajstić information content (AvgIpc) is 1.96. The highest BCUT2D eigenvalue weighted by Gasteiger charge is 1.84. The smallest absolute Gasteiger partial charge is 0.0137 e. The van der Waals surface area contributed by atoms with Crippen LogP contribution < -0.4 is 5.32 Å². The van der Waals surface area contributed by atoms with Crippen LogP contribution in [0, 0.1) is 0 Å². The van der Waals surface area contributed by atoms with Crippen molar-refractivity contribution in [3.8, 4) is 0 Å². The topological polar surface area (TPSA) is 12.0 Å². The van der Waals surface area contributed by atoms with Crippen molar-refractivity contribution in [2.24, 2.45) is 0 Å². The first-order valence-electron chi connectivity index (χ1n) is 4.10. The summed E-state index contributed by atoms with van der Waals surface area (Å²) in [6.45, 7) is 6.43. The minimum atomic E-state index is 1.02. The van der Waals surface area contributed by atoms with Gasteiger partial charge in [-0.3, -0.25) is 0 Å². The van der Waals surface area contributed by atoms with Crippen LogP contribution in [-0.2, 0) is 0 Å². The van der Waals surface area contributed by atoms with Gasteiger partial charge in [-0.2, -0.15) is 11.8 Å². The zero-order chi connectivity index (χ0) is 8.53. The van der Waals surface area contributed by atoms with Crippen LogP contribution in [0.3, 0.4) is 0 Å². The fraction of sp³-hybridized carbons (Fsp3) is 0.778. The highest BCUT2D eigenvalue weighted by atomic mass is 32.2. The first kappa shape index (κ1) is 11.1. The molecule has 0 aliphatic carbocycles. The maximum Gasteiger partial charge on any atom is 0.0137 e. The minimum Gasteiger partial charge on any atom is -0.313 e. The first-order valence-corrected chi connectivity index (χ1v) is 5.49. The van der Waals surface area contributed by atoms with Crippen LogP contribution in [0.4, 0.5) is 0 Å². The summed E-state index contributed by atoms with van der Waals surface area (Å²) in [5, 5.41) is 3.36. The maximum absolute atomic E-state index is 3.36. The Hall–Kier alpha value is 0.0500. The van der Waals surface area contributed by atoms with E-state index in [2.05, 4.69) is 31.5 Å². The molecule has 1 nitrogen and oxygen atoms in total. The molecule has 0 saturated heterocycles. The number of allylic oxidation sites excluding steroid dienone is 1. The highest BCUT2D eigenvalue weighted by Crippen LogP contribution is 1.93. The lowest BCUT2D eigenvalue weighted by molar-refractivity contribution is 0.732. The molecule has 0 rings (SSSR count). The Morgan fingerprint density at radius 1 is 1.45 bits per heavy atom. The third-order valence-corrected chi connectivity index (χ3v) is 2.05. The van der Waals surface area contributed by atoms with Gasteiger partial charge in [0.25, 0.3) is 0 Å². The highest BCUT2D eigenvalue weighted by molar-refractivity contribution is 7.98. The molecule has 66 valence electrons. The van der Waals surface area contributed by atoms with E-state index in [1.54, 1.807) is 0 Å². The van der Waals surface area contributed by atoms with E-state index in [1.807, 2.05) is 11.8 Å². The molecule has 0 aromatic carbocycles. The van der Waals surface area contributed by atoms with Crippen molar-refractivity contribution < 1.29 is 0 Å². The summed E-state index contributed by atoms with van der Waals surface area (Å²) >= 11 is 1.91. The predicted molar refractivity (Wildman–Crippen MR) is 55.3 cm³/mol. The lowest BCUT2D eigenvalue weighted by Gasteiger charge is -1.99. The standard InChI is InChI=1S/C9H19NS/c1-9(2)5-7-10-6-4-8-11-3/h5,10H,4,6-8H2,1-3H3. The molecule has 0 saturated carbocycles. The van der Waals surface area contributed by atoms with Gasteiger partial charge in [-0.15, -0.1) is 0 Å². The number of nitrogens with one attached hydrogen (secondary N) is 1. The Labute approximate surface area is 74.6 Å². The quantitative estimate of drug-likeness (QED) is 0.488. The van der Waals surface area contributed by atoms with Gasteiger partial charge in [0.1, 0.15) is 0 Å². The Balaban J connectivity index is 2.97. The maximum atomic E-state index is 3.36. The summed E-state index contributed by atoms with van der Waals surface area (Å²) in [5.41, 5.74) is 1.39. The Morgan fingerprint density at radius 2 is 2.18 bits per heavy atom. The molecule has 0 radical (unpaired) electrons. The van der Waals surface area contributed by atoms with Gasteiger partial charge in [-0.25, -0.2) is 0 Å². The van der Waals surface area contributed by atoms with E-state index in [9.17, 15) is 0 Å². The van der Waals surface area contributed by atoms with Crippen LogP contribution in [-0.4, -0.2) is 25.1 Å². The molecule has 0 spiro atoms. The largest absolute Gasteiger partial charge is 0.313 e. The minimum absolute atomic E-state index is 1.02. The summed E-state index contributed by atoms with van der Waals surface area (Å²) in [4.78, 5) is 0. The number of thioether (sulfide) groups is 1. The number of rotatable bonds is 6. The van der Waals surface area contributed by atoms with Gasteiger partial charge in [-0.05, 0) is 38.8 Å². The predicted octanol–water partition coefficient (Wildman–Crippen LogP) is 2.30. The Bertz CT molecular complexity index is 106. The fourth-order valence-corrected chi connectivity index (χ4v) is 1.15. The molecular weight excluding hydrogens is 154 g/mol. The number of hydrogen-bond acceptors (Lipinski definition) is 2. The van der Waals surface area contributed by atoms with Gasteiger partial charge in [0.15, 0.2) is 0 Å². The van der Waals surface area contributed by atoms with Crippen molar-refractivity contribution >= 4 is 11.8 Å². The monoisotopic (exact) mass is 173 g/mol. The van der Waals surface area contributed by atoms with Gasteiger partial charge in [0, 0.05) is 6.54 Å². The van der Waals surface area contributed by atoms with Gasteiger partial charge in [0.2, 0.25) is 0 Å². The second kappa shape index (κ2) is 8.15. The lowest BCUT2D eigenvalue weighted by Crippen LogP contribution is -2.15. The van der Waals surface area contributed by atoms with Crippen molar-refractivity contribution in [2.45, 2.75) is 20.3 Å². The molecule has 11 heavy (non-hydrogen) atoms. The van der Waals surface area contributed by atoms with E-state index >= 15 is 0 Å². The second-order valence-corrected chi connectivity index (χ2v) is 3.82. The zero-order valence-electron chi connectivity index (χ0n) is 7.81. The Morgan fingerprint density at radius 3 is 2.73 bits per heavy atom. The molecule has 0 fully saturated rings. The van der Waals surface area contributed by atoms with Crippen LogP contribution in [0.2, 0.25) is 0 Å². The molecular formula is C9H19NS. The summed E-state index contributed by atoms with van der Waals surface area (Å²) in [6, 6.07) is 0. The SMILES string of the molecule is CSCCCNCC=C(C)C. The van der Waals surface area contributed by atoms with Crippen LogP contribution in [0.1, 0.15) is 20.3 Å². The van der Waals surface area contributed by atoms with Crippen molar-refractivity contribution in [2.75, 3.05) is 25.1 Å². The molecule has 0 aromatic heterocycles. The molecule has 2 heteroatoms.